The number of ether oxygens (including phenoxy) is 1. The molecule has 0 aliphatic rings. The van der Waals surface area contributed by atoms with Crippen LogP contribution in [0.1, 0.15) is 17.7 Å². The molecule has 1 N–H and O–H groups in total. The van der Waals surface area contributed by atoms with Crippen molar-refractivity contribution in [3.8, 4) is 17.0 Å². The summed E-state index contributed by atoms with van der Waals surface area (Å²) in [6, 6.07) is 7.70. The molecule has 0 fully saturated rings. The van der Waals surface area contributed by atoms with E-state index in [0.717, 1.165) is 17.0 Å². The minimum absolute atomic E-state index is 0.135. The van der Waals surface area contributed by atoms with Crippen LogP contribution < -0.4 is 4.74 Å². The van der Waals surface area contributed by atoms with E-state index in [1.165, 1.54) is 4.88 Å². The Morgan fingerprint density at radius 1 is 1.37 bits per heavy atom. The normalized spacial score (nSPS) is 10.4. The van der Waals surface area contributed by atoms with Gasteiger partial charge in [0.15, 0.2) is 0 Å². The number of nitrogens with zero attached hydrogens (tertiary/aromatic N) is 1. The highest BCUT2D eigenvalue weighted by atomic mass is 32.1. The van der Waals surface area contributed by atoms with E-state index in [4.69, 9.17) is 9.84 Å². The SMILES string of the molecule is Cc1scnc1-c1ccc(OCCCC(=O)O)cc1. The predicted molar refractivity (Wildman–Crippen MR) is 74.7 cm³/mol. The Bertz CT molecular complexity index is 548. The van der Waals surface area contributed by atoms with E-state index in [1.54, 1.807) is 11.3 Å². The summed E-state index contributed by atoms with van der Waals surface area (Å²) in [4.78, 5) is 15.9. The molecule has 1 aromatic carbocycles. The third-order valence-corrected chi connectivity index (χ3v) is 3.43. The van der Waals surface area contributed by atoms with E-state index >= 15 is 0 Å². The van der Waals surface area contributed by atoms with Gasteiger partial charge in [0.2, 0.25) is 0 Å². The summed E-state index contributed by atoms with van der Waals surface area (Å²) in [5.74, 6) is -0.0417. The van der Waals surface area contributed by atoms with Crippen molar-refractivity contribution in [1.29, 1.82) is 0 Å². The molecule has 0 saturated carbocycles. The molecule has 4 nitrogen and oxygen atoms in total. The van der Waals surface area contributed by atoms with Gasteiger partial charge in [0.1, 0.15) is 5.75 Å². The fourth-order valence-electron chi connectivity index (χ4n) is 1.71. The molecule has 0 amide bonds. The van der Waals surface area contributed by atoms with Crippen LogP contribution in [0, 0.1) is 6.92 Å². The third-order valence-electron chi connectivity index (χ3n) is 2.68. The first-order valence-electron chi connectivity index (χ1n) is 6.02. The van der Waals surface area contributed by atoms with Gasteiger partial charge in [0.05, 0.1) is 17.8 Å². The predicted octanol–water partition coefficient (Wildman–Crippen LogP) is 3.36. The van der Waals surface area contributed by atoms with Crippen LogP contribution in [-0.4, -0.2) is 22.7 Å². The van der Waals surface area contributed by atoms with Crippen LogP contribution in [0.2, 0.25) is 0 Å². The Balaban J connectivity index is 1.92. The summed E-state index contributed by atoms with van der Waals surface area (Å²) >= 11 is 1.63. The Labute approximate surface area is 115 Å². The zero-order valence-electron chi connectivity index (χ0n) is 10.6. The van der Waals surface area contributed by atoms with Crippen molar-refractivity contribution in [2.75, 3.05) is 6.61 Å². The summed E-state index contributed by atoms with van der Waals surface area (Å²) in [6.45, 7) is 2.46. The van der Waals surface area contributed by atoms with E-state index in [0.29, 0.717) is 13.0 Å². The molecule has 0 aliphatic heterocycles. The summed E-state index contributed by atoms with van der Waals surface area (Å²) in [6.07, 6.45) is 0.651. The van der Waals surface area contributed by atoms with Gasteiger partial charge in [-0.3, -0.25) is 4.79 Å². The molecule has 0 atom stereocenters. The lowest BCUT2D eigenvalue weighted by Gasteiger charge is -2.06. The van der Waals surface area contributed by atoms with Crippen LogP contribution in [-0.2, 0) is 4.79 Å². The van der Waals surface area contributed by atoms with Gasteiger partial charge in [-0.1, -0.05) is 0 Å². The number of carboxylic acid groups (broad SMARTS) is 1. The maximum absolute atomic E-state index is 10.4. The molecule has 5 heteroatoms. The van der Waals surface area contributed by atoms with Gasteiger partial charge in [0.25, 0.3) is 0 Å². The lowest BCUT2D eigenvalue weighted by Crippen LogP contribution is -2.01. The third kappa shape index (κ3) is 3.79. The van der Waals surface area contributed by atoms with Gasteiger partial charge < -0.3 is 9.84 Å². The van der Waals surface area contributed by atoms with E-state index in [-0.39, 0.29) is 6.42 Å². The molecule has 1 aromatic heterocycles. The topological polar surface area (TPSA) is 59.4 Å². The average molecular weight is 277 g/mol. The van der Waals surface area contributed by atoms with Crippen LogP contribution in [0.5, 0.6) is 5.75 Å². The van der Waals surface area contributed by atoms with Crippen LogP contribution in [0.4, 0.5) is 0 Å². The fourth-order valence-corrected chi connectivity index (χ4v) is 2.30. The van der Waals surface area contributed by atoms with E-state index in [1.807, 2.05) is 36.7 Å². The summed E-state index contributed by atoms with van der Waals surface area (Å²) in [5.41, 5.74) is 3.90. The molecule has 2 aromatic rings. The molecule has 0 unspecified atom stereocenters. The minimum atomic E-state index is -0.794. The molecule has 19 heavy (non-hydrogen) atoms. The van der Waals surface area contributed by atoms with Gasteiger partial charge >= 0.3 is 5.97 Å². The van der Waals surface area contributed by atoms with E-state index < -0.39 is 5.97 Å². The maximum atomic E-state index is 10.4. The maximum Gasteiger partial charge on any atom is 0.303 e. The van der Waals surface area contributed by atoms with Gasteiger partial charge in [0, 0.05) is 16.9 Å². The fraction of sp³-hybridized carbons (Fsp3) is 0.286. The lowest BCUT2D eigenvalue weighted by molar-refractivity contribution is -0.137. The zero-order valence-corrected chi connectivity index (χ0v) is 11.4. The van der Waals surface area contributed by atoms with Crippen LogP contribution in [0.15, 0.2) is 29.8 Å². The van der Waals surface area contributed by atoms with Gasteiger partial charge in [-0.2, -0.15) is 0 Å². The smallest absolute Gasteiger partial charge is 0.303 e. The first-order valence-corrected chi connectivity index (χ1v) is 6.90. The van der Waals surface area contributed by atoms with Crippen molar-refractivity contribution in [2.24, 2.45) is 0 Å². The van der Waals surface area contributed by atoms with Crippen LogP contribution >= 0.6 is 11.3 Å². The standard InChI is InChI=1S/C14H15NO3S/c1-10-14(15-9-19-10)11-4-6-12(7-5-11)18-8-2-3-13(16)17/h4-7,9H,2-3,8H2,1H3,(H,16,17). The Morgan fingerprint density at radius 3 is 2.68 bits per heavy atom. The summed E-state index contributed by atoms with van der Waals surface area (Å²) in [7, 11) is 0. The van der Waals surface area contributed by atoms with Gasteiger partial charge in [-0.05, 0) is 37.6 Å². The highest BCUT2D eigenvalue weighted by molar-refractivity contribution is 7.10. The number of thiazole rings is 1. The van der Waals surface area contributed by atoms with Gasteiger partial charge in [-0.15, -0.1) is 11.3 Å². The van der Waals surface area contributed by atoms with Crippen molar-refractivity contribution in [2.45, 2.75) is 19.8 Å². The Hall–Kier alpha value is -1.88. The number of aliphatic carboxylic acids is 1. The molecule has 0 saturated heterocycles. The van der Waals surface area contributed by atoms with Crippen molar-refractivity contribution in [3.63, 3.8) is 0 Å². The largest absolute Gasteiger partial charge is 0.494 e. The Morgan fingerprint density at radius 2 is 2.11 bits per heavy atom. The van der Waals surface area contributed by atoms with Crippen molar-refractivity contribution < 1.29 is 14.6 Å². The number of aryl methyl sites for hydroxylation is 1. The second kappa shape index (κ2) is 6.33. The molecule has 0 radical (unpaired) electrons. The second-order valence-corrected chi connectivity index (χ2v) is 5.19. The van der Waals surface area contributed by atoms with Crippen molar-refractivity contribution in [3.05, 3.63) is 34.7 Å². The summed E-state index contributed by atoms with van der Waals surface area (Å²) in [5, 5.41) is 8.52. The summed E-state index contributed by atoms with van der Waals surface area (Å²) < 4.78 is 5.48. The molecule has 2 rings (SSSR count). The highest BCUT2D eigenvalue weighted by Gasteiger charge is 2.05. The highest BCUT2D eigenvalue weighted by Crippen LogP contribution is 2.26. The first kappa shape index (κ1) is 13.5. The van der Waals surface area contributed by atoms with Crippen molar-refractivity contribution in [1.82, 2.24) is 4.98 Å². The van der Waals surface area contributed by atoms with Gasteiger partial charge in [-0.25, -0.2) is 4.98 Å². The Kier molecular flexibility index (Phi) is 4.52. The monoisotopic (exact) mass is 277 g/mol. The minimum Gasteiger partial charge on any atom is -0.494 e. The first-order chi connectivity index (χ1) is 9.16. The average Bonchev–Trinajstić information content (AvgIpc) is 2.81. The molecule has 0 aliphatic carbocycles. The van der Waals surface area contributed by atoms with E-state index in [9.17, 15) is 4.79 Å². The molecule has 100 valence electrons. The molecular weight excluding hydrogens is 262 g/mol. The molecular formula is C14H15NO3S. The zero-order chi connectivity index (χ0) is 13.7. The van der Waals surface area contributed by atoms with Crippen LogP contribution in [0.25, 0.3) is 11.3 Å². The lowest BCUT2D eigenvalue weighted by atomic mass is 10.1. The number of carboxylic acids is 1. The second-order valence-electron chi connectivity index (χ2n) is 4.13. The number of hydrogen-bond acceptors (Lipinski definition) is 4. The number of aromatic nitrogens is 1. The number of rotatable bonds is 6. The molecule has 0 bridgehead atoms. The van der Waals surface area contributed by atoms with E-state index in [2.05, 4.69) is 4.98 Å². The molecule has 1 heterocycles. The number of benzene rings is 1. The quantitative estimate of drug-likeness (QED) is 0.822. The van der Waals surface area contributed by atoms with Crippen molar-refractivity contribution >= 4 is 17.3 Å². The van der Waals surface area contributed by atoms with Crippen LogP contribution in [0.3, 0.4) is 0 Å². The number of carbonyl (C=O) groups is 1. The molecule has 0 spiro atoms. The number of hydrogen-bond donors (Lipinski definition) is 1.